The van der Waals surface area contributed by atoms with Gasteiger partial charge in [-0.1, -0.05) is 24.3 Å². The highest BCUT2D eigenvalue weighted by Crippen LogP contribution is 2.35. The lowest BCUT2D eigenvalue weighted by molar-refractivity contribution is -0.384. The molecule has 0 radical (unpaired) electrons. The first-order valence-corrected chi connectivity index (χ1v) is 13.5. The van der Waals surface area contributed by atoms with Crippen molar-refractivity contribution < 1.29 is 19.2 Å². The van der Waals surface area contributed by atoms with Gasteiger partial charge in [-0.05, 0) is 43.2 Å². The molecule has 0 spiro atoms. The number of rotatable bonds is 5. The predicted octanol–water partition coefficient (Wildman–Crippen LogP) is 4.08. The maximum atomic E-state index is 13.3. The van der Waals surface area contributed by atoms with Gasteiger partial charge in [0, 0.05) is 68.7 Å². The van der Waals surface area contributed by atoms with Crippen LogP contribution in [0.2, 0.25) is 0 Å². The van der Waals surface area contributed by atoms with E-state index in [9.17, 15) is 19.7 Å². The zero-order valence-corrected chi connectivity index (χ0v) is 22.0. The van der Waals surface area contributed by atoms with Crippen LogP contribution in [0.3, 0.4) is 0 Å². The van der Waals surface area contributed by atoms with Gasteiger partial charge in [0.05, 0.1) is 10.6 Å². The molecule has 0 unspecified atom stereocenters. The largest absolute Gasteiger partial charge is 0.444 e. The Morgan fingerprint density at radius 1 is 0.900 bits per heavy atom. The summed E-state index contributed by atoms with van der Waals surface area (Å²) in [6.07, 6.45) is 2.67. The first-order valence-electron chi connectivity index (χ1n) is 13.5. The molecule has 0 aliphatic carbocycles. The standard InChI is InChI=1S/C29H30N6O5/c36-28(33-17-15-32(16-18-33)27-7-3-4-12-30-27)21-8-9-25(26(19-21)35(38)39)31-13-10-23(11-14-31)34-24-6-2-1-5-22(24)20-40-29(34)37/h1-9,12,19,23H,10-11,13-18,20H2. The summed E-state index contributed by atoms with van der Waals surface area (Å²) in [6.45, 7) is 3.67. The quantitative estimate of drug-likeness (QED) is 0.350. The van der Waals surface area contributed by atoms with E-state index in [1.54, 1.807) is 28.1 Å². The number of para-hydroxylation sites is 1. The number of hydrogen-bond acceptors (Lipinski definition) is 8. The number of amides is 2. The van der Waals surface area contributed by atoms with Gasteiger partial charge in [-0.2, -0.15) is 0 Å². The van der Waals surface area contributed by atoms with Crippen LogP contribution in [0.1, 0.15) is 28.8 Å². The number of hydrogen-bond donors (Lipinski definition) is 0. The van der Waals surface area contributed by atoms with Crippen molar-refractivity contribution in [2.24, 2.45) is 0 Å². The molecule has 206 valence electrons. The first kappa shape index (κ1) is 25.6. The van der Waals surface area contributed by atoms with E-state index >= 15 is 0 Å². The van der Waals surface area contributed by atoms with Crippen LogP contribution in [-0.2, 0) is 11.3 Å². The molecule has 2 saturated heterocycles. The molecule has 2 fully saturated rings. The van der Waals surface area contributed by atoms with Gasteiger partial charge in [0.25, 0.3) is 11.6 Å². The molecule has 3 aliphatic heterocycles. The smallest absolute Gasteiger partial charge is 0.414 e. The normalized spacial score (nSPS) is 17.9. The lowest BCUT2D eigenvalue weighted by Crippen LogP contribution is -2.49. The Bertz CT molecular complexity index is 1420. The molecular weight excluding hydrogens is 512 g/mol. The SMILES string of the molecule is O=C(c1ccc(N2CCC(N3C(=O)OCc4ccccc43)CC2)c([N+](=O)[O-])c1)N1CCN(c2ccccn2)CC1. The Balaban J connectivity index is 1.13. The van der Waals surface area contributed by atoms with Crippen molar-refractivity contribution in [1.29, 1.82) is 0 Å². The van der Waals surface area contributed by atoms with Crippen LogP contribution in [0.4, 0.5) is 27.7 Å². The summed E-state index contributed by atoms with van der Waals surface area (Å²) < 4.78 is 5.39. The summed E-state index contributed by atoms with van der Waals surface area (Å²) in [5.41, 5.74) is 2.55. The summed E-state index contributed by atoms with van der Waals surface area (Å²) in [5, 5.41) is 12.1. The second kappa shape index (κ2) is 10.8. The molecule has 0 atom stereocenters. The van der Waals surface area contributed by atoms with E-state index in [-0.39, 0.29) is 30.3 Å². The molecule has 40 heavy (non-hydrogen) atoms. The zero-order chi connectivity index (χ0) is 27.6. The molecule has 2 amide bonds. The number of carbonyl (C=O) groups is 2. The molecular formula is C29H30N6O5. The molecule has 11 nitrogen and oxygen atoms in total. The van der Waals surface area contributed by atoms with Crippen molar-refractivity contribution in [3.05, 3.63) is 88.1 Å². The molecule has 2 aromatic carbocycles. The number of cyclic esters (lactones) is 1. The third kappa shape index (κ3) is 4.90. The molecule has 4 heterocycles. The minimum atomic E-state index is -0.421. The number of aromatic nitrogens is 1. The summed E-state index contributed by atoms with van der Waals surface area (Å²) in [4.78, 5) is 49.5. The number of pyridine rings is 1. The Hall–Kier alpha value is -4.67. The maximum Gasteiger partial charge on any atom is 0.414 e. The summed E-state index contributed by atoms with van der Waals surface area (Å²) >= 11 is 0. The number of ether oxygens (including phenoxy) is 1. The molecule has 0 N–H and O–H groups in total. The Labute approximate surface area is 231 Å². The van der Waals surface area contributed by atoms with Crippen LogP contribution in [-0.4, -0.2) is 72.1 Å². The van der Waals surface area contributed by atoms with Crippen LogP contribution in [0.15, 0.2) is 66.9 Å². The fraction of sp³-hybridized carbons (Fsp3) is 0.345. The highest BCUT2D eigenvalue weighted by atomic mass is 16.6. The van der Waals surface area contributed by atoms with E-state index in [2.05, 4.69) is 9.88 Å². The molecule has 0 bridgehead atoms. The Morgan fingerprint density at radius 3 is 2.38 bits per heavy atom. The number of benzene rings is 2. The van der Waals surface area contributed by atoms with Gasteiger partial charge in [-0.25, -0.2) is 9.78 Å². The number of nitrogens with zero attached hydrogens (tertiary/aromatic N) is 6. The number of nitro benzene ring substituents is 1. The first-order chi connectivity index (χ1) is 19.5. The number of carbonyl (C=O) groups excluding carboxylic acids is 2. The number of anilines is 3. The van der Waals surface area contributed by atoms with Crippen molar-refractivity contribution in [1.82, 2.24) is 9.88 Å². The van der Waals surface area contributed by atoms with Crippen LogP contribution in [0.25, 0.3) is 0 Å². The van der Waals surface area contributed by atoms with E-state index in [1.165, 1.54) is 6.07 Å². The Morgan fingerprint density at radius 2 is 1.65 bits per heavy atom. The maximum absolute atomic E-state index is 13.3. The van der Waals surface area contributed by atoms with Crippen LogP contribution in [0.5, 0.6) is 0 Å². The summed E-state index contributed by atoms with van der Waals surface area (Å²) in [6, 6.07) is 18.2. The summed E-state index contributed by atoms with van der Waals surface area (Å²) in [7, 11) is 0. The van der Waals surface area contributed by atoms with Gasteiger partial charge in [-0.15, -0.1) is 0 Å². The van der Waals surface area contributed by atoms with Gasteiger partial charge < -0.3 is 19.4 Å². The van der Waals surface area contributed by atoms with Crippen molar-refractivity contribution >= 4 is 34.9 Å². The van der Waals surface area contributed by atoms with Crippen molar-refractivity contribution in [3.63, 3.8) is 0 Å². The van der Waals surface area contributed by atoms with Gasteiger partial charge >= 0.3 is 6.09 Å². The van der Waals surface area contributed by atoms with Gasteiger partial charge in [0.1, 0.15) is 18.1 Å². The average Bonchev–Trinajstić information content (AvgIpc) is 3.01. The number of piperazine rings is 1. The van der Waals surface area contributed by atoms with E-state index in [0.717, 1.165) is 17.1 Å². The van der Waals surface area contributed by atoms with E-state index in [0.29, 0.717) is 63.4 Å². The molecule has 3 aromatic rings. The zero-order valence-electron chi connectivity index (χ0n) is 22.0. The minimum Gasteiger partial charge on any atom is -0.444 e. The van der Waals surface area contributed by atoms with Gasteiger partial charge in [-0.3, -0.25) is 19.8 Å². The number of nitro groups is 1. The van der Waals surface area contributed by atoms with E-state index in [4.69, 9.17) is 4.74 Å². The number of piperidine rings is 1. The van der Waals surface area contributed by atoms with Crippen LogP contribution < -0.4 is 14.7 Å². The van der Waals surface area contributed by atoms with E-state index < -0.39 is 4.92 Å². The lowest BCUT2D eigenvalue weighted by Gasteiger charge is -2.40. The van der Waals surface area contributed by atoms with Crippen molar-refractivity contribution in [2.75, 3.05) is 54.0 Å². The van der Waals surface area contributed by atoms with Gasteiger partial charge in [0.15, 0.2) is 0 Å². The molecule has 0 saturated carbocycles. The average molecular weight is 543 g/mol. The fourth-order valence-corrected chi connectivity index (χ4v) is 5.82. The second-order valence-electron chi connectivity index (χ2n) is 10.2. The van der Waals surface area contributed by atoms with Crippen molar-refractivity contribution in [3.8, 4) is 0 Å². The third-order valence-corrected chi connectivity index (χ3v) is 7.93. The highest BCUT2D eigenvalue weighted by Gasteiger charge is 2.35. The monoisotopic (exact) mass is 542 g/mol. The third-order valence-electron chi connectivity index (χ3n) is 7.93. The molecule has 3 aliphatic rings. The molecule has 11 heteroatoms. The highest BCUT2D eigenvalue weighted by molar-refractivity contribution is 5.96. The Kier molecular flexibility index (Phi) is 6.93. The van der Waals surface area contributed by atoms with Gasteiger partial charge in [0.2, 0.25) is 0 Å². The van der Waals surface area contributed by atoms with Crippen LogP contribution >= 0.6 is 0 Å². The van der Waals surface area contributed by atoms with Crippen molar-refractivity contribution in [2.45, 2.75) is 25.5 Å². The number of fused-ring (bicyclic) bond motifs is 1. The fourth-order valence-electron chi connectivity index (χ4n) is 5.82. The second-order valence-corrected chi connectivity index (χ2v) is 10.2. The topological polar surface area (TPSA) is 112 Å². The van der Waals surface area contributed by atoms with Crippen LogP contribution in [0, 0.1) is 10.1 Å². The molecule has 1 aromatic heterocycles. The minimum absolute atomic E-state index is 0.0603. The molecule has 6 rings (SSSR count). The summed E-state index contributed by atoms with van der Waals surface area (Å²) in [5.74, 6) is 0.663. The van der Waals surface area contributed by atoms with E-state index in [1.807, 2.05) is 47.4 Å². The predicted molar refractivity (Wildman–Crippen MR) is 150 cm³/mol. The lowest BCUT2D eigenvalue weighted by atomic mass is 9.99.